The van der Waals surface area contributed by atoms with Crippen LogP contribution in [-0.2, 0) is 16.0 Å². The van der Waals surface area contributed by atoms with Gasteiger partial charge in [-0.1, -0.05) is 36.0 Å². The third-order valence-corrected chi connectivity index (χ3v) is 5.63. The molecule has 0 radical (unpaired) electrons. The highest BCUT2D eigenvalue weighted by Crippen LogP contribution is 2.32. The van der Waals surface area contributed by atoms with Crippen molar-refractivity contribution in [1.82, 2.24) is 4.90 Å². The van der Waals surface area contributed by atoms with Gasteiger partial charge in [0.05, 0.1) is 19.9 Å². The van der Waals surface area contributed by atoms with Crippen LogP contribution in [0.15, 0.2) is 53.5 Å². The van der Waals surface area contributed by atoms with E-state index in [1.807, 2.05) is 48.5 Å². The number of aliphatic imine (C=N–C) groups is 1. The number of rotatable bonds is 8. The molecule has 1 atom stereocenters. The topological polar surface area (TPSA) is 94.2 Å². The van der Waals surface area contributed by atoms with Gasteiger partial charge in [-0.2, -0.15) is 0 Å². The number of benzene rings is 2. The number of ether oxygens (including phenoxy) is 2. The van der Waals surface area contributed by atoms with Crippen molar-refractivity contribution in [2.24, 2.45) is 10.7 Å². The number of thioether (sulfide) groups is 1. The number of carbonyl (C=O) groups is 2. The van der Waals surface area contributed by atoms with Crippen molar-refractivity contribution in [2.75, 3.05) is 20.8 Å². The van der Waals surface area contributed by atoms with Crippen molar-refractivity contribution >= 4 is 34.4 Å². The minimum Gasteiger partial charge on any atom is -0.493 e. The molecule has 0 bridgehead atoms. The molecule has 1 fully saturated rings. The highest BCUT2D eigenvalue weighted by molar-refractivity contribution is 8.15. The van der Waals surface area contributed by atoms with Crippen LogP contribution in [-0.4, -0.2) is 47.9 Å². The Kier molecular flexibility index (Phi) is 6.77. The fourth-order valence-corrected chi connectivity index (χ4v) is 4.20. The molecule has 0 saturated carbocycles. The standard InChI is InChI=1S/C21H23N3O4S/c1-27-16-9-8-14(12-17(16)28-2)10-11-24-20(26)18(13-19(22)25)29-21(24)23-15-6-4-3-5-7-15/h3-9,12,18H,10-11,13H2,1-2H3,(H2,22,25)/t18-/m1/s1. The van der Waals surface area contributed by atoms with Crippen LogP contribution < -0.4 is 15.2 Å². The fourth-order valence-electron chi connectivity index (χ4n) is 3.00. The summed E-state index contributed by atoms with van der Waals surface area (Å²) in [5.41, 5.74) is 7.06. The van der Waals surface area contributed by atoms with Gasteiger partial charge in [-0.05, 0) is 36.2 Å². The fraction of sp³-hybridized carbons (Fsp3) is 0.286. The van der Waals surface area contributed by atoms with Crippen molar-refractivity contribution in [3.05, 3.63) is 54.1 Å². The molecular formula is C21H23N3O4S. The van der Waals surface area contributed by atoms with Crippen LogP contribution in [0.1, 0.15) is 12.0 Å². The highest BCUT2D eigenvalue weighted by atomic mass is 32.2. The van der Waals surface area contributed by atoms with Crippen LogP contribution in [0.25, 0.3) is 0 Å². The van der Waals surface area contributed by atoms with Crippen molar-refractivity contribution in [3.8, 4) is 11.5 Å². The number of nitrogens with zero attached hydrogens (tertiary/aromatic N) is 2. The number of amides is 2. The van der Waals surface area contributed by atoms with E-state index < -0.39 is 11.2 Å². The van der Waals surface area contributed by atoms with E-state index in [2.05, 4.69) is 4.99 Å². The van der Waals surface area contributed by atoms with Gasteiger partial charge in [0.25, 0.3) is 0 Å². The van der Waals surface area contributed by atoms with E-state index >= 15 is 0 Å². The van der Waals surface area contributed by atoms with Crippen LogP contribution >= 0.6 is 11.8 Å². The van der Waals surface area contributed by atoms with Gasteiger partial charge in [-0.15, -0.1) is 0 Å². The number of carbonyl (C=O) groups excluding carboxylic acids is 2. The quantitative estimate of drug-likeness (QED) is 0.718. The van der Waals surface area contributed by atoms with Gasteiger partial charge in [0.1, 0.15) is 5.25 Å². The highest BCUT2D eigenvalue weighted by Gasteiger charge is 2.38. The summed E-state index contributed by atoms with van der Waals surface area (Å²) in [5.74, 6) is 0.634. The number of primary amides is 1. The van der Waals surface area contributed by atoms with Crippen LogP contribution in [0.3, 0.4) is 0 Å². The first kappa shape index (κ1) is 20.7. The summed E-state index contributed by atoms with van der Waals surface area (Å²) in [5, 5.41) is 0.0355. The Morgan fingerprint density at radius 3 is 2.52 bits per heavy atom. The summed E-state index contributed by atoms with van der Waals surface area (Å²) in [7, 11) is 3.17. The van der Waals surface area contributed by atoms with E-state index in [0.717, 1.165) is 11.3 Å². The van der Waals surface area contributed by atoms with E-state index in [1.54, 1.807) is 19.1 Å². The van der Waals surface area contributed by atoms with E-state index in [1.165, 1.54) is 11.8 Å². The Bertz CT molecular complexity index is 917. The summed E-state index contributed by atoms with van der Waals surface area (Å²) in [6.45, 7) is 0.433. The molecule has 2 amide bonds. The Labute approximate surface area is 173 Å². The summed E-state index contributed by atoms with van der Waals surface area (Å²) in [6.07, 6.45) is 0.591. The number of hydrogen-bond donors (Lipinski definition) is 1. The van der Waals surface area contributed by atoms with Gasteiger partial charge in [0.2, 0.25) is 11.8 Å². The zero-order chi connectivity index (χ0) is 20.8. The molecule has 0 aromatic heterocycles. The molecule has 1 heterocycles. The lowest BCUT2D eigenvalue weighted by molar-refractivity contribution is -0.128. The van der Waals surface area contributed by atoms with Crippen LogP contribution in [0, 0.1) is 0 Å². The maximum atomic E-state index is 12.9. The summed E-state index contributed by atoms with van der Waals surface area (Å²) in [6, 6.07) is 15.1. The van der Waals surface area contributed by atoms with Crippen molar-refractivity contribution < 1.29 is 19.1 Å². The average Bonchev–Trinajstić information content (AvgIpc) is 3.00. The van der Waals surface area contributed by atoms with Gasteiger partial charge in [-0.25, -0.2) is 4.99 Å². The maximum Gasteiger partial charge on any atom is 0.242 e. The lowest BCUT2D eigenvalue weighted by Crippen LogP contribution is -2.35. The van der Waals surface area contributed by atoms with E-state index in [4.69, 9.17) is 15.2 Å². The lowest BCUT2D eigenvalue weighted by atomic mass is 10.1. The number of amidine groups is 1. The molecular weight excluding hydrogens is 390 g/mol. The first-order valence-electron chi connectivity index (χ1n) is 9.12. The molecule has 1 aliphatic rings. The smallest absolute Gasteiger partial charge is 0.242 e. The second-order valence-corrected chi connectivity index (χ2v) is 7.61. The molecule has 0 aliphatic carbocycles. The minimum atomic E-state index is -0.541. The van der Waals surface area contributed by atoms with Gasteiger partial charge in [-0.3, -0.25) is 14.5 Å². The van der Waals surface area contributed by atoms with E-state index in [9.17, 15) is 9.59 Å². The molecule has 8 heteroatoms. The Balaban J connectivity index is 1.81. The normalized spacial score (nSPS) is 17.6. The molecule has 1 saturated heterocycles. The predicted octanol–water partition coefficient (Wildman–Crippen LogP) is 2.75. The first-order chi connectivity index (χ1) is 14.0. The average molecular weight is 413 g/mol. The van der Waals surface area contributed by atoms with Crippen LogP contribution in [0.5, 0.6) is 11.5 Å². The molecule has 29 heavy (non-hydrogen) atoms. The first-order valence-corrected chi connectivity index (χ1v) is 10.0. The molecule has 2 N–H and O–H groups in total. The number of methoxy groups -OCH3 is 2. The number of hydrogen-bond acceptors (Lipinski definition) is 6. The van der Waals surface area contributed by atoms with Crippen LogP contribution in [0.4, 0.5) is 5.69 Å². The molecule has 3 rings (SSSR count). The monoisotopic (exact) mass is 413 g/mol. The third kappa shape index (κ3) is 5.08. The molecule has 7 nitrogen and oxygen atoms in total. The molecule has 0 spiro atoms. The van der Waals surface area contributed by atoms with Crippen molar-refractivity contribution in [3.63, 3.8) is 0 Å². The van der Waals surface area contributed by atoms with E-state index in [0.29, 0.717) is 29.6 Å². The Morgan fingerprint density at radius 1 is 1.14 bits per heavy atom. The Hall–Kier alpha value is -3.00. The van der Waals surface area contributed by atoms with Crippen LogP contribution in [0.2, 0.25) is 0 Å². The maximum absolute atomic E-state index is 12.9. The Morgan fingerprint density at radius 2 is 1.86 bits per heavy atom. The summed E-state index contributed by atoms with van der Waals surface area (Å²) in [4.78, 5) is 30.4. The lowest BCUT2D eigenvalue weighted by Gasteiger charge is -2.17. The number of para-hydroxylation sites is 1. The molecule has 0 unspecified atom stereocenters. The zero-order valence-corrected chi connectivity index (χ0v) is 17.1. The minimum absolute atomic E-state index is 0.00975. The SMILES string of the molecule is COc1ccc(CCN2C(=O)[C@@H](CC(N)=O)SC2=Nc2ccccc2)cc1OC. The van der Waals surface area contributed by atoms with Crippen molar-refractivity contribution in [1.29, 1.82) is 0 Å². The largest absolute Gasteiger partial charge is 0.493 e. The zero-order valence-electron chi connectivity index (χ0n) is 16.3. The third-order valence-electron chi connectivity index (χ3n) is 4.46. The van der Waals surface area contributed by atoms with E-state index in [-0.39, 0.29) is 12.3 Å². The second kappa shape index (κ2) is 9.47. The van der Waals surface area contributed by atoms with Crippen molar-refractivity contribution in [2.45, 2.75) is 18.1 Å². The van der Waals surface area contributed by atoms with Gasteiger partial charge in [0.15, 0.2) is 16.7 Å². The summed E-state index contributed by atoms with van der Waals surface area (Å²) >= 11 is 1.28. The molecule has 152 valence electrons. The molecule has 1 aliphatic heterocycles. The summed E-state index contributed by atoms with van der Waals surface area (Å²) < 4.78 is 10.6. The van der Waals surface area contributed by atoms with Gasteiger partial charge >= 0.3 is 0 Å². The number of nitrogens with two attached hydrogens (primary N) is 1. The predicted molar refractivity (Wildman–Crippen MR) is 114 cm³/mol. The molecule has 2 aromatic carbocycles. The molecule has 2 aromatic rings. The van der Waals surface area contributed by atoms with Gasteiger partial charge in [0, 0.05) is 13.0 Å². The second-order valence-electron chi connectivity index (χ2n) is 6.44. The van der Waals surface area contributed by atoms with Gasteiger partial charge < -0.3 is 15.2 Å².